The molecule has 0 aromatic carbocycles. The number of guanidine groups is 1. The number of imidazole rings is 1. The van der Waals surface area contributed by atoms with E-state index in [9.17, 15) is 0 Å². The molecule has 19 heavy (non-hydrogen) atoms. The lowest BCUT2D eigenvalue weighted by atomic mass is 10.3. The van der Waals surface area contributed by atoms with Gasteiger partial charge in [0.15, 0.2) is 5.96 Å². The number of nitrogens with zero attached hydrogens (tertiary/aromatic N) is 3. The molecule has 2 heterocycles. The Morgan fingerprint density at radius 3 is 3.11 bits per heavy atom. The maximum absolute atomic E-state index is 5.74. The Kier molecular flexibility index (Phi) is 4.39. The zero-order valence-corrected chi connectivity index (χ0v) is 11.6. The summed E-state index contributed by atoms with van der Waals surface area (Å²) >= 11 is 0. The SMILES string of the molecule is CCCN=C(N)NCCc1cn2cccc(C)c2n1. The molecule has 0 atom stereocenters. The van der Waals surface area contributed by atoms with Gasteiger partial charge in [0.05, 0.1) is 5.69 Å². The third kappa shape index (κ3) is 3.47. The second-order valence-corrected chi connectivity index (χ2v) is 4.60. The molecule has 0 aliphatic rings. The van der Waals surface area contributed by atoms with Crippen LogP contribution in [0.25, 0.3) is 5.65 Å². The molecule has 0 radical (unpaired) electrons. The maximum Gasteiger partial charge on any atom is 0.188 e. The van der Waals surface area contributed by atoms with E-state index in [2.05, 4.69) is 45.8 Å². The number of rotatable bonds is 5. The summed E-state index contributed by atoms with van der Waals surface area (Å²) in [6, 6.07) is 4.10. The average Bonchev–Trinajstić information content (AvgIpc) is 2.81. The topological polar surface area (TPSA) is 67.7 Å². The molecule has 2 rings (SSSR count). The Bertz CT molecular complexity index is 570. The van der Waals surface area contributed by atoms with Crippen molar-refractivity contribution in [3.8, 4) is 0 Å². The van der Waals surface area contributed by atoms with Crippen LogP contribution in [0.5, 0.6) is 0 Å². The molecule has 0 unspecified atom stereocenters. The summed E-state index contributed by atoms with van der Waals surface area (Å²) in [6.45, 7) is 5.67. The van der Waals surface area contributed by atoms with Crippen LogP contribution in [-0.2, 0) is 6.42 Å². The van der Waals surface area contributed by atoms with Crippen LogP contribution in [-0.4, -0.2) is 28.4 Å². The highest BCUT2D eigenvalue weighted by Gasteiger charge is 2.03. The van der Waals surface area contributed by atoms with Crippen molar-refractivity contribution < 1.29 is 0 Å². The van der Waals surface area contributed by atoms with Gasteiger partial charge in [-0.3, -0.25) is 4.99 Å². The minimum atomic E-state index is 0.516. The summed E-state index contributed by atoms with van der Waals surface area (Å²) in [6.07, 6.45) is 5.92. The van der Waals surface area contributed by atoms with Gasteiger partial charge in [-0.15, -0.1) is 0 Å². The molecule has 5 heteroatoms. The summed E-state index contributed by atoms with van der Waals surface area (Å²) in [4.78, 5) is 8.80. The minimum absolute atomic E-state index is 0.516. The van der Waals surface area contributed by atoms with Crippen LogP contribution in [0.2, 0.25) is 0 Å². The van der Waals surface area contributed by atoms with Crippen LogP contribution in [0.15, 0.2) is 29.5 Å². The molecule has 2 aromatic heterocycles. The number of aryl methyl sites for hydroxylation is 1. The van der Waals surface area contributed by atoms with Crippen molar-refractivity contribution in [3.63, 3.8) is 0 Å². The van der Waals surface area contributed by atoms with E-state index in [1.807, 2.05) is 12.3 Å². The van der Waals surface area contributed by atoms with Crippen molar-refractivity contribution in [1.82, 2.24) is 14.7 Å². The molecular formula is C14H21N5. The number of nitrogens with two attached hydrogens (primary N) is 1. The summed E-state index contributed by atoms with van der Waals surface area (Å²) in [5.41, 5.74) is 9.00. The van der Waals surface area contributed by atoms with Gasteiger partial charge >= 0.3 is 0 Å². The molecule has 0 amide bonds. The van der Waals surface area contributed by atoms with E-state index < -0.39 is 0 Å². The van der Waals surface area contributed by atoms with Crippen LogP contribution in [0, 0.1) is 6.92 Å². The standard InChI is InChI=1S/C14H21N5/c1-3-7-16-14(15)17-8-6-12-10-19-9-4-5-11(2)13(19)18-12/h4-5,9-10H,3,6-8H2,1-2H3,(H3,15,16,17). The van der Waals surface area contributed by atoms with E-state index in [4.69, 9.17) is 5.73 Å². The zero-order chi connectivity index (χ0) is 13.7. The van der Waals surface area contributed by atoms with Gasteiger partial charge in [0.25, 0.3) is 0 Å². The fourth-order valence-corrected chi connectivity index (χ4v) is 1.93. The molecule has 3 N–H and O–H groups in total. The van der Waals surface area contributed by atoms with E-state index in [0.717, 1.165) is 37.3 Å². The lowest BCUT2D eigenvalue weighted by molar-refractivity contribution is 0.827. The number of fused-ring (bicyclic) bond motifs is 1. The molecule has 0 saturated heterocycles. The lowest BCUT2D eigenvalue weighted by Crippen LogP contribution is -2.33. The van der Waals surface area contributed by atoms with Gasteiger partial charge in [-0.2, -0.15) is 0 Å². The first kappa shape index (κ1) is 13.4. The van der Waals surface area contributed by atoms with Crippen molar-refractivity contribution in [3.05, 3.63) is 35.8 Å². The van der Waals surface area contributed by atoms with Gasteiger partial charge in [-0.25, -0.2) is 4.98 Å². The monoisotopic (exact) mass is 259 g/mol. The fraction of sp³-hybridized carbons (Fsp3) is 0.429. The highest BCUT2D eigenvalue weighted by molar-refractivity contribution is 5.77. The van der Waals surface area contributed by atoms with E-state index in [1.54, 1.807) is 0 Å². The van der Waals surface area contributed by atoms with E-state index in [1.165, 1.54) is 5.56 Å². The Morgan fingerprint density at radius 2 is 2.37 bits per heavy atom. The van der Waals surface area contributed by atoms with E-state index >= 15 is 0 Å². The second-order valence-electron chi connectivity index (χ2n) is 4.60. The predicted molar refractivity (Wildman–Crippen MR) is 78.4 cm³/mol. The molecule has 0 aliphatic heterocycles. The van der Waals surface area contributed by atoms with Gasteiger partial charge < -0.3 is 15.5 Å². The van der Waals surface area contributed by atoms with Crippen molar-refractivity contribution >= 4 is 11.6 Å². The van der Waals surface area contributed by atoms with E-state index in [0.29, 0.717) is 5.96 Å². The molecule has 102 valence electrons. The fourth-order valence-electron chi connectivity index (χ4n) is 1.93. The number of pyridine rings is 1. The van der Waals surface area contributed by atoms with Crippen LogP contribution in [0.1, 0.15) is 24.6 Å². The van der Waals surface area contributed by atoms with Crippen LogP contribution < -0.4 is 11.1 Å². The molecule has 0 saturated carbocycles. The van der Waals surface area contributed by atoms with Crippen LogP contribution >= 0.6 is 0 Å². The third-order valence-electron chi connectivity index (χ3n) is 2.92. The highest BCUT2D eigenvalue weighted by atomic mass is 15.1. The molecule has 5 nitrogen and oxygen atoms in total. The van der Waals surface area contributed by atoms with Crippen molar-refractivity contribution in [2.45, 2.75) is 26.7 Å². The van der Waals surface area contributed by atoms with Gasteiger partial charge in [0.1, 0.15) is 5.65 Å². The number of aromatic nitrogens is 2. The third-order valence-corrected chi connectivity index (χ3v) is 2.92. The van der Waals surface area contributed by atoms with Crippen molar-refractivity contribution in [2.75, 3.05) is 13.1 Å². The first-order valence-electron chi connectivity index (χ1n) is 6.67. The maximum atomic E-state index is 5.74. The number of hydrogen-bond donors (Lipinski definition) is 2. The molecule has 0 fully saturated rings. The minimum Gasteiger partial charge on any atom is -0.370 e. The molecule has 0 bridgehead atoms. The van der Waals surface area contributed by atoms with Crippen molar-refractivity contribution in [1.29, 1.82) is 0 Å². The zero-order valence-electron chi connectivity index (χ0n) is 11.6. The molecule has 0 spiro atoms. The molecule has 2 aromatic rings. The van der Waals surface area contributed by atoms with Gasteiger partial charge in [-0.05, 0) is 25.0 Å². The normalized spacial score (nSPS) is 12.0. The number of aliphatic imine (C=N–C) groups is 1. The first-order chi connectivity index (χ1) is 9.20. The highest BCUT2D eigenvalue weighted by Crippen LogP contribution is 2.09. The van der Waals surface area contributed by atoms with Gasteiger partial charge in [-0.1, -0.05) is 13.0 Å². The predicted octanol–water partition coefficient (Wildman–Crippen LogP) is 1.50. The molecular weight excluding hydrogens is 238 g/mol. The summed E-state index contributed by atoms with van der Waals surface area (Å²) in [5.74, 6) is 0.516. The smallest absolute Gasteiger partial charge is 0.188 e. The second kappa shape index (κ2) is 6.22. The first-order valence-corrected chi connectivity index (χ1v) is 6.67. The summed E-state index contributed by atoms with van der Waals surface area (Å²) in [5, 5.41) is 3.10. The summed E-state index contributed by atoms with van der Waals surface area (Å²) < 4.78 is 2.05. The largest absolute Gasteiger partial charge is 0.370 e. The Morgan fingerprint density at radius 1 is 1.53 bits per heavy atom. The van der Waals surface area contributed by atoms with E-state index in [-0.39, 0.29) is 0 Å². The summed E-state index contributed by atoms with van der Waals surface area (Å²) in [7, 11) is 0. The Labute approximate surface area is 113 Å². The van der Waals surface area contributed by atoms with Gasteiger partial charge in [0.2, 0.25) is 0 Å². The Balaban J connectivity index is 1.93. The Hall–Kier alpha value is -2.04. The van der Waals surface area contributed by atoms with Crippen LogP contribution in [0.3, 0.4) is 0 Å². The average molecular weight is 259 g/mol. The molecule has 0 aliphatic carbocycles. The lowest BCUT2D eigenvalue weighted by Gasteiger charge is -2.03. The number of nitrogens with one attached hydrogen (secondary N) is 1. The quantitative estimate of drug-likeness (QED) is 0.631. The number of hydrogen-bond acceptors (Lipinski definition) is 2. The van der Waals surface area contributed by atoms with Gasteiger partial charge in [0, 0.05) is 31.9 Å². The van der Waals surface area contributed by atoms with Crippen LogP contribution in [0.4, 0.5) is 0 Å². The van der Waals surface area contributed by atoms with Crippen molar-refractivity contribution in [2.24, 2.45) is 10.7 Å².